The maximum absolute atomic E-state index is 5.82. The number of ether oxygens (including phenoxy) is 5. The van der Waals surface area contributed by atoms with Crippen LogP contribution in [0.15, 0.2) is 0 Å². The Morgan fingerprint density at radius 2 is 2.06 bits per heavy atom. The Morgan fingerprint density at radius 1 is 1.31 bits per heavy atom. The summed E-state index contributed by atoms with van der Waals surface area (Å²) in [5.41, 5.74) is 0. The van der Waals surface area contributed by atoms with E-state index in [2.05, 4.69) is 0 Å². The topological polar surface area (TPSA) is 49.5 Å². The van der Waals surface area contributed by atoms with E-state index >= 15 is 0 Å². The molecule has 0 aromatic rings. The SMILES string of the molecule is CO[C@H]1C(CC2CO2)O[C@@H]2OC(C)(C)O[C@@H]21. The maximum atomic E-state index is 5.82. The first-order valence-corrected chi connectivity index (χ1v) is 5.74. The van der Waals surface area contributed by atoms with Crippen LogP contribution in [-0.2, 0) is 23.7 Å². The zero-order chi connectivity index (χ0) is 11.3. The molecular weight excluding hydrogens is 212 g/mol. The van der Waals surface area contributed by atoms with Gasteiger partial charge in [-0.15, -0.1) is 0 Å². The molecular formula is C11H18O5. The van der Waals surface area contributed by atoms with Gasteiger partial charge in [-0.25, -0.2) is 0 Å². The van der Waals surface area contributed by atoms with Crippen LogP contribution in [-0.4, -0.2) is 50.2 Å². The van der Waals surface area contributed by atoms with Gasteiger partial charge in [0.1, 0.15) is 12.2 Å². The van der Waals surface area contributed by atoms with Crippen LogP contribution in [0.25, 0.3) is 0 Å². The van der Waals surface area contributed by atoms with Crippen molar-refractivity contribution in [3.63, 3.8) is 0 Å². The lowest BCUT2D eigenvalue weighted by molar-refractivity contribution is -0.217. The van der Waals surface area contributed by atoms with Crippen molar-refractivity contribution in [2.75, 3.05) is 13.7 Å². The molecule has 0 amide bonds. The smallest absolute Gasteiger partial charge is 0.190 e. The van der Waals surface area contributed by atoms with E-state index in [1.807, 2.05) is 13.8 Å². The lowest BCUT2D eigenvalue weighted by Gasteiger charge is -2.24. The molecule has 3 aliphatic rings. The Morgan fingerprint density at radius 3 is 2.69 bits per heavy atom. The number of fused-ring (bicyclic) bond motifs is 1. The standard InChI is InChI=1S/C11H18O5/c1-11(2)15-9-8(12-3)7(4-6-5-13-6)14-10(9)16-11/h6-10H,4-5H2,1-3H3/t6?,7?,8-,9+,10+/m0/s1. The molecule has 5 nitrogen and oxygen atoms in total. The number of hydrogen-bond donors (Lipinski definition) is 0. The second-order valence-electron chi connectivity index (χ2n) is 5.03. The molecule has 16 heavy (non-hydrogen) atoms. The third-order valence-electron chi connectivity index (χ3n) is 3.26. The number of hydrogen-bond acceptors (Lipinski definition) is 5. The normalized spacial score (nSPS) is 49.3. The van der Waals surface area contributed by atoms with Crippen molar-refractivity contribution in [1.82, 2.24) is 0 Å². The number of methoxy groups -OCH3 is 1. The van der Waals surface area contributed by atoms with Crippen LogP contribution in [0.4, 0.5) is 0 Å². The van der Waals surface area contributed by atoms with Crippen molar-refractivity contribution in [2.45, 2.75) is 56.8 Å². The van der Waals surface area contributed by atoms with Gasteiger partial charge in [0, 0.05) is 13.5 Å². The Balaban J connectivity index is 1.68. The zero-order valence-electron chi connectivity index (χ0n) is 9.84. The zero-order valence-corrected chi connectivity index (χ0v) is 9.84. The highest BCUT2D eigenvalue weighted by atomic mass is 16.8. The van der Waals surface area contributed by atoms with Crippen molar-refractivity contribution in [2.24, 2.45) is 0 Å². The first kappa shape index (κ1) is 10.9. The average molecular weight is 230 g/mol. The summed E-state index contributed by atoms with van der Waals surface area (Å²) in [5.74, 6) is -0.576. The summed E-state index contributed by atoms with van der Waals surface area (Å²) in [5, 5.41) is 0. The molecule has 5 atom stereocenters. The van der Waals surface area contributed by atoms with E-state index in [1.165, 1.54) is 0 Å². The highest BCUT2D eigenvalue weighted by Gasteiger charge is 2.55. The molecule has 3 heterocycles. The molecule has 3 aliphatic heterocycles. The second-order valence-corrected chi connectivity index (χ2v) is 5.03. The molecule has 2 unspecified atom stereocenters. The molecule has 0 aromatic carbocycles. The minimum atomic E-state index is -0.576. The summed E-state index contributed by atoms with van der Waals surface area (Å²) in [6.45, 7) is 4.61. The van der Waals surface area contributed by atoms with Crippen molar-refractivity contribution < 1.29 is 23.7 Å². The van der Waals surface area contributed by atoms with E-state index in [-0.39, 0.29) is 24.6 Å². The molecule has 0 spiro atoms. The lowest BCUT2D eigenvalue weighted by atomic mass is 10.1. The fraction of sp³-hybridized carbons (Fsp3) is 1.00. The lowest BCUT2D eigenvalue weighted by Crippen LogP contribution is -2.36. The molecule has 0 bridgehead atoms. The van der Waals surface area contributed by atoms with E-state index in [9.17, 15) is 0 Å². The van der Waals surface area contributed by atoms with Crippen molar-refractivity contribution in [3.05, 3.63) is 0 Å². The summed E-state index contributed by atoms with van der Waals surface area (Å²) < 4.78 is 28.0. The van der Waals surface area contributed by atoms with Gasteiger partial charge in [0.25, 0.3) is 0 Å². The van der Waals surface area contributed by atoms with Gasteiger partial charge in [-0.05, 0) is 13.8 Å². The maximum Gasteiger partial charge on any atom is 0.190 e. The second kappa shape index (κ2) is 3.65. The fourth-order valence-corrected chi connectivity index (χ4v) is 2.49. The Bertz CT molecular complexity index is 276. The van der Waals surface area contributed by atoms with E-state index in [0.29, 0.717) is 6.10 Å². The molecule has 0 aromatic heterocycles. The molecule has 5 heteroatoms. The van der Waals surface area contributed by atoms with E-state index in [1.54, 1.807) is 7.11 Å². The van der Waals surface area contributed by atoms with E-state index in [0.717, 1.165) is 13.0 Å². The summed E-state index contributed by atoms with van der Waals surface area (Å²) in [6.07, 6.45) is 0.722. The van der Waals surface area contributed by atoms with Gasteiger partial charge in [-0.2, -0.15) is 0 Å². The van der Waals surface area contributed by atoms with Gasteiger partial charge in [-0.3, -0.25) is 0 Å². The molecule has 0 radical (unpaired) electrons. The highest BCUT2D eigenvalue weighted by Crippen LogP contribution is 2.40. The minimum Gasteiger partial charge on any atom is -0.376 e. The first-order chi connectivity index (χ1) is 7.59. The van der Waals surface area contributed by atoms with E-state index < -0.39 is 5.79 Å². The van der Waals surface area contributed by atoms with E-state index in [4.69, 9.17) is 23.7 Å². The molecule has 0 saturated carbocycles. The Kier molecular flexibility index (Phi) is 2.49. The van der Waals surface area contributed by atoms with Crippen LogP contribution >= 0.6 is 0 Å². The summed E-state index contributed by atoms with van der Waals surface area (Å²) in [4.78, 5) is 0. The van der Waals surface area contributed by atoms with Crippen LogP contribution in [0.1, 0.15) is 20.3 Å². The van der Waals surface area contributed by atoms with Crippen LogP contribution in [0, 0.1) is 0 Å². The Hall–Kier alpha value is -0.200. The predicted molar refractivity (Wildman–Crippen MR) is 53.9 cm³/mol. The van der Waals surface area contributed by atoms with Gasteiger partial charge in [0.15, 0.2) is 12.1 Å². The van der Waals surface area contributed by atoms with Crippen LogP contribution in [0.5, 0.6) is 0 Å². The van der Waals surface area contributed by atoms with Crippen LogP contribution in [0.2, 0.25) is 0 Å². The summed E-state index contributed by atoms with van der Waals surface area (Å²) >= 11 is 0. The minimum absolute atomic E-state index is 0.0172. The predicted octanol–water partition coefficient (Wildman–Crippen LogP) is 0.667. The highest BCUT2D eigenvalue weighted by molar-refractivity contribution is 4.95. The van der Waals surface area contributed by atoms with Crippen molar-refractivity contribution >= 4 is 0 Å². The van der Waals surface area contributed by atoms with Gasteiger partial charge >= 0.3 is 0 Å². The van der Waals surface area contributed by atoms with Gasteiger partial charge in [0.05, 0.1) is 18.8 Å². The third kappa shape index (κ3) is 1.87. The molecule has 0 N–H and O–H groups in total. The van der Waals surface area contributed by atoms with Crippen molar-refractivity contribution in [1.29, 1.82) is 0 Å². The molecule has 0 aliphatic carbocycles. The number of rotatable bonds is 3. The molecule has 92 valence electrons. The fourth-order valence-electron chi connectivity index (χ4n) is 2.49. The van der Waals surface area contributed by atoms with Crippen molar-refractivity contribution in [3.8, 4) is 0 Å². The van der Waals surface area contributed by atoms with Crippen LogP contribution < -0.4 is 0 Å². The molecule has 3 fully saturated rings. The van der Waals surface area contributed by atoms with Gasteiger partial charge in [0.2, 0.25) is 0 Å². The number of epoxide rings is 1. The average Bonchev–Trinajstić information content (AvgIpc) is 2.86. The quantitative estimate of drug-likeness (QED) is 0.667. The monoisotopic (exact) mass is 230 g/mol. The largest absolute Gasteiger partial charge is 0.376 e. The van der Waals surface area contributed by atoms with Gasteiger partial charge < -0.3 is 23.7 Å². The molecule has 3 rings (SSSR count). The summed E-state index contributed by atoms with van der Waals surface area (Å²) in [7, 11) is 1.69. The summed E-state index contributed by atoms with van der Waals surface area (Å²) in [6, 6.07) is 0. The van der Waals surface area contributed by atoms with Crippen LogP contribution in [0.3, 0.4) is 0 Å². The first-order valence-electron chi connectivity index (χ1n) is 5.74. The van der Waals surface area contributed by atoms with Gasteiger partial charge in [-0.1, -0.05) is 0 Å². The third-order valence-corrected chi connectivity index (χ3v) is 3.26. The Labute approximate surface area is 94.9 Å². The molecule has 3 saturated heterocycles.